The SMILES string of the molecule is Cl.N[C@@H]1c2ccccc2C[C@H]1NC(=O)c1cc(=O)c2ccccc2o1. The molecule has 1 amide bonds. The van der Waals surface area contributed by atoms with Gasteiger partial charge in [0.1, 0.15) is 5.58 Å². The molecular weight excluding hydrogens is 340 g/mol. The molecule has 2 aromatic carbocycles. The van der Waals surface area contributed by atoms with Gasteiger partial charge >= 0.3 is 0 Å². The topological polar surface area (TPSA) is 85.3 Å². The fraction of sp³-hybridized carbons (Fsp3) is 0.158. The van der Waals surface area contributed by atoms with E-state index in [9.17, 15) is 9.59 Å². The molecule has 1 aliphatic carbocycles. The largest absolute Gasteiger partial charge is 0.451 e. The Balaban J connectivity index is 0.00000182. The Morgan fingerprint density at radius 1 is 1.12 bits per heavy atom. The average Bonchev–Trinajstić information content (AvgIpc) is 2.91. The highest BCUT2D eigenvalue weighted by Gasteiger charge is 2.31. The Hall–Kier alpha value is -2.63. The minimum absolute atomic E-state index is 0. The van der Waals surface area contributed by atoms with Crippen molar-refractivity contribution in [3.05, 3.63) is 81.7 Å². The average molecular weight is 357 g/mol. The van der Waals surface area contributed by atoms with Gasteiger partial charge in [0.25, 0.3) is 5.91 Å². The highest BCUT2D eigenvalue weighted by atomic mass is 35.5. The summed E-state index contributed by atoms with van der Waals surface area (Å²) in [5.41, 5.74) is 8.57. The van der Waals surface area contributed by atoms with Crippen molar-refractivity contribution in [3.63, 3.8) is 0 Å². The molecule has 4 rings (SSSR count). The second kappa shape index (κ2) is 6.70. The molecule has 0 unspecified atom stereocenters. The summed E-state index contributed by atoms with van der Waals surface area (Å²) in [5.74, 6) is -0.423. The highest BCUT2D eigenvalue weighted by Crippen LogP contribution is 2.29. The van der Waals surface area contributed by atoms with Crippen molar-refractivity contribution in [2.75, 3.05) is 0 Å². The fourth-order valence-electron chi connectivity index (χ4n) is 3.22. The predicted octanol–water partition coefficient (Wildman–Crippen LogP) is 2.57. The quantitative estimate of drug-likeness (QED) is 0.739. The van der Waals surface area contributed by atoms with Crippen LogP contribution < -0.4 is 16.5 Å². The summed E-state index contributed by atoms with van der Waals surface area (Å²) < 4.78 is 5.57. The number of nitrogens with one attached hydrogen (secondary N) is 1. The van der Waals surface area contributed by atoms with E-state index in [2.05, 4.69) is 5.32 Å². The first kappa shape index (κ1) is 17.2. The lowest BCUT2D eigenvalue weighted by Gasteiger charge is -2.17. The first-order valence-corrected chi connectivity index (χ1v) is 7.80. The molecule has 0 radical (unpaired) electrons. The standard InChI is InChI=1S/C19H16N2O3.ClH/c20-18-12-6-2-1-5-11(12)9-14(18)21-19(23)17-10-15(22)13-7-3-4-8-16(13)24-17;/h1-8,10,14,18H,9,20H2,(H,21,23);1H/t14-,18-;/m1./s1. The summed E-state index contributed by atoms with van der Waals surface area (Å²) in [7, 11) is 0. The fourth-order valence-corrected chi connectivity index (χ4v) is 3.22. The normalized spacial score (nSPS) is 18.4. The molecule has 2 atom stereocenters. The van der Waals surface area contributed by atoms with Crippen LogP contribution in [-0.2, 0) is 6.42 Å². The lowest BCUT2D eigenvalue weighted by atomic mass is 10.1. The Bertz CT molecular complexity index is 999. The molecule has 0 fully saturated rings. The van der Waals surface area contributed by atoms with Gasteiger partial charge in [0.05, 0.1) is 17.5 Å². The molecule has 5 nitrogen and oxygen atoms in total. The zero-order valence-electron chi connectivity index (χ0n) is 13.3. The molecule has 0 spiro atoms. The summed E-state index contributed by atoms with van der Waals surface area (Å²) in [6, 6.07) is 15.5. The summed E-state index contributed by atoms with van der Waals surface area (Å²) in [6.07, 6.45) is 0.668. The van der Waals surface area contributed by atoms with Crippen molar-refractivity contribution >= 4 is 29.3 Å². The lowest BCUT2D eigenvalue weighted by molar-refractivity contribution is 0.0906. The Morgan fingerprint density at radius 3 is 2.64 bits per heavy atom. The number of rotatable bonds is 2. The Labute approximate surface area is 150 Å². The number of amides is 1. The van der Waals surface area contributed by atoms with Gasteiger partial charge in [-0.05, 0) is 29.7 Å². The number of para-hydroxylation sites is 1. The first-order valence-electron chi connectivity index (χ1n) is 7.80. The molecule has 25 heavy (non-hydrogen) atoms. The molecule has 0 saturated heterocycles. The van der Waals surface area contributed by atoms with E-state index in [0.29, 0.717) is 17.4 Å². The second-order valence-corrected chi connectivity index (χ2v) is 5.98. The van der Waals surface area contributed by atoms with Crippen LogP contribution in [-0.4, -0.2) is 11.9 Å². The van der Waals surface area contributed by atoms with Gasteiger partial charge in [-0.25, -0.2) is 0 Å². The molecule has 128 valence electrons. The van der Waals surface area contributed by atoms with Crippen LogP contribution in [0.15, 0.2) is 63.8 Å². The third-order valence-electron chi connectivity index (χ3n) is 4.46. The van der Waals surface area contributed by atoms with Gasteiger partial charge in [0.2, 0.25) is 0 Å². The molecule has 1 heterocycles. The smallest absolute Gasteiger partial charge is 0.287 e. The monoisotopic (exact) mass is 356 g/mol. The van der Waals surface area contributed by atoms with Crippen molar-refractivity contribution in [1.29, 1.82) is 0 Å². The summed E-state index contributed by atoms with van der Waals surface area (Å²) in [6.45, 7) is 0. The Morgan fingerprint density at radius 2 is 1.84 bits per heavy atom. The number of nitrogens with two attached hydrogens (primary N) is 1. The lowest BCUT2D eigenvalue weighted by Crippen LogP contribution is -2.40. The molecule has 0 aliphatic heterocycles. The van der Waals surface area contributed by atoms with E-state index in [1.54, 1.807) is 24.3 Å². The summed E-state index contributed by atoms with van der Waals surface area (Å²) in [5, 5.41) is 3.34. The minimum atomic E-state index is -0.425. The van der Waals surface area contributed by atoms with Crippen molar-refractivity contribution in [3.8, 4) is 0 Å². The number of halogens is 1. The zero-order valence-corrected chi connectivity index (χ0v) is 14.1. The van der Waals surface area contributed by atoms with Gasteiger partial charge in [-0.1, -0.05) is 36.4 Å². The number of hydrogen-bond acceptors (Lipinski definition) is 4. The van der Waals surface area contributed by atoms with Crippen LogP contribution in [0.25, 0.3) is 11.0 Å². The molecule has 0 bridgehead atoms. The maximum atomic E-state index is 12.5. The third-order valence-corrected chi connectivity index (χ3v) is 4.46. The molecule has 3 N–H and O–H groups in total. The van der Waals surface area contributed by atoms with E-state index < -0.39 is 5.91 Å². The molecule has 1 aromatic heterocycles. The van der Waals surface area contributed by atoms with Crippen molar-refractivity contribution in [2.45, 2.75) is 18.5 Å². The molecule has 3 aromatic rings. The highest BCUT2D eigenvalue weighted by molar-refractivity contribution is 5.93. The van der Waals surface area contributed by atoms with E-state index in [4.69, 9.17) is 10.2 Å². The van der Waals surface area contributed by atoms with E-state index >= 15 is 0 Å². The maximum absolute atomic E-state index is 12.5. The van der Waals surface area contributed by atoms with Gasteiger partial charge in [0.15, 0.2) is 11.2 Å². The van der Waals surface area contributed by atoms with Gasteiger partial charge in [0, 0.05) is 6.07 Å². The van der Waals surface area contributed by atoms with Crippen molar-refractivity contribution in [1.82, 2.24) is 5.32 Å². The predicted molar refractivity (Wildman–Crippen MR) is 98.1 cm³/mol. The van der Waals surface area contributed by atoms with Crippen LogP contribution in [0.2, 0.25) is 0 Å². The van der Waals surface area contributed by atoms with Crippen LogP contribution in [0.4, 0.5) is 0 Å². The van der Waals surface area contributed by atoms with Crippen LogP contribution in [0, 0.1) is 0 Å². The zero-order chi connectivity index (χ0) is 16.7. The number of benzene rings is 2. The van der Waals surface area contributed by atoms with Crippen LogP contribution >= 0.6 is 12.4 Å². The van der Waals surface area contributed by atoms with Gasteiger partial charge < -0.3 is 15.5 Å². The molecule has 1 aliphatic rings. The van der Waals surface area contributed by atoms with Gasteiger partial charge in [-0.2, -0.15) is 0 Å². The summed E-state index contributed by atoms with van der Waals surface area (Å²) >= 11 is 0. The van der Waals surface area contributed by atoms with E-state index in [1.807, 2.05) is 24.3 Å². The van der Waals surface area contributed by atoms with Crippen LogP contribution in [0.1, 0.15) is 27.7 Å². The summed E-state index contributed by atoms with van der Waals surface area (Å²) in [4.78, 5) is 24.6. The third kappa shape index (κ3) is 3.04. The van der Waals surface area contributed by atoms with E-state index in [0.717, 1.165) is 11.1 Å². The number of hydrogen-bond donors (Lipinski definition) is 2. The van der Waals surface area contributed by atoms with Crippen molar-refractivity contribution in [2.24, 2.45) is 5.73 Å². The molecule has 0 saturated carbocycles. The number of carbonyl (C=O) groups is 1. The van der Waals surface area contributed by atoms with Gasteiger partial charge in [-0.15, -0.1) is 12.4 Å². The number of carbonyl (C=O) groups excluding carboxylic acids is 1. The molecule has 6 heteroatoms. The number of fused-ring (bicyclic) bond motifs is 2. The minimum Gasteiger partial charge on any atom is -0.451 e. The maximum Gasteiger partial charge on any atom is 0.287 e. The van der Waals surface area contributed by atoms with E-state index in [1.165, 1.54) is 6.07 Å². The van der Waals surface area contributed by atoms with Crippen LogP contribution in [0.3, 0.4) is 0 Å². The Kier molecular flexibility index (Phi) is 4.61. The second-order valence-electron chi connectivity index (χ2n) is 5.98. The van der Waals surface area contributed by atoms with Gasteiger partial charge in [-0.3, -0.25) is 9.59 Å². The van der Waals surface area contributed by atoms with Crippen LogP contribution in [0.5, 0.6) is 0 Å². The molecular formula is C19H17ClN2O3. The van der Waals surface area contributed by atoms with Crippen molar-refractivity contribution < 1.29 is 9.21 Å². The van der Waals surface area contributed by atoms with E-state index in [-0.39, 0.29) is 35.7 Å². The first-order chi connectivity index (χ1) is 11.6.